The van der Waals surface area contributed by atoms with Crippen LogP contribution in [0.15, 0.2) is 101 Å². The van der Waals surface area contributed by atoms with Crippen molar-refractivity contribution in [2.75, 3.05) is 13.2 Å². The van der Waals surface area contributed by atoms with Gasteiger partial charge in [-0.15, -0.1) is 0 Å². The molecule has 216 valence electrons. The molecule has 0 saturated carbocycles. The van der Waals surface area contributed by atoms with Crippen molar-refractivity contribution >= 4 is 41.2 Å². The maximum absolute atomic E-state index is 13.1. The maximum atomic E-state index is 13.1. The van der Waals surface area contributed by atoms with Crippen LogP contribution in [0.5, 0.6) is 0 Å². The van der Waals surface area contributed by atoms with E-state index in [4.69, 9.17) is 18.5 Å². The van der Waals surface area contributed by atoms with Gasteiger partial charge in [0.25, 0.3) is 0 Å². The van der Waals surface area contributed by atoms with Crippen LogP contribution in [-0.2, 0) is 14.0 Å². The molecular formula is C36H34BNO5. The second kappa shape index (κ2) is 10.4. The van der Waals surface area contributed by atoms with Gasteiger partial charge in [-0.1, -0.05) is 91.0 Å². The molecule has 0 atom stereocenters. The summed E-state index contributed by atoms with van der Waals surface area (Å²) in [5.74, 6) is -0.0121. The molecule has 1 N–H and O–H groups in total. The molecule has 1 aliphatic carbocycles. The number of para-hydroxylation sites is 2. The van der Waals surface area contributed by atoms with Crippen molar-refractivity contribution in [3.05, 3.63) is 113 Å². The van der Waals surface area contributed by atoms with E-state index in [9.17, 15) is 4.79 Å². The normalized spacial score (nSPS) is 17.3. The minimum absolute atomic E-state index is 0.0121. The van der Waals surface area contributed by atoms with Crippen LogP contribution < -0.4 is 5.32 Å². The molecule has 1 amide bonds. The molecule has 7 rings (SSSR count). The van der Waals surface area contributed by atoms with Crippen molar-refractivity contribution in [1.82, 2.24) is 5.32 Å². The summed E-state index contributed by atoms with van der Waals surface area (Å²) in [6.07, 6.45) is 1.50. The van der Waals surface area contributed by atoms with Gasteiger partial charge in [-0.25, -0.2) is 4.79 Å². The summed E-state index contributed by atoms with van der Waals surface area (Å²) in [4.78, 5) is 13.1. The van der Waals surface area contributed by atoms with Crippen LogP contribution in [0.3, 0.4) is 0 Å². The summed E-state index contributed by atoms with van der Waals surface area (Å²) in [7, 11) is -0.654. The molecule has 2 aliphatic rings. The molecule has 0 unspecified atom stereocenters. The lowest BCUT2D eigenvalue weighted by Gasteiger charge is -2.32. The molecule has 6 nitrogen and oxygen atoms in total. The van der Waals surface area contributed by atoms with E-state index in [1.54, 1.807) is 0 Å². The molecule has 0 radical (unpaired) electrons. The summed E-state index contributed by atoms with van der Waals surface area (Å²) >= 11 is 0. The van der Waals surface area contributed by atoms with E-state index in [1.807, 2.05) is 88.4 Å². The monoisotopic (exact) mass is 571 g/mol. The smallest absolute Gasteiger partial charge is 0.455 e. The zero-order valence-electron chi connectivity index (χ0n) is 24.8. The number of alkyl carbamates (subject to hydrolysis) is 1. The van der Waals surface area contributed by atoms with Crippen molar-refractivity contribution in [2.45, 2.75) is 44.8 Å². The number of hydrogen-bond donors (Lipinski definition) is 1. The third-order valence-electron chi connectivity index (χ3n) is 9.11. The Morgan fingerprint density at radius 3 is 2.12 bits per heavy atom. The van der Waals surface area contributed by atoms with E-state index in [-0.39, 0.29) is 19.1 Å². The van der Waals surface area contributed by atoms with Gasteiger partial charge in [0, 0.05) is 28.8 Å². The summed E-state index contributed by atoms with van der Waals surface area (Å²) in [6.45, 7) is 8.50. The molecule has 1 fully saturated rings. The predicted molar refractivity (Wildman–Crippen MR) is 171 cm³/mol. The first-order valence-corrected chi connectivity index (χ1v) is 14.8. The van der Waals surface area contributed by atoms with Crippen molar-refractivity contribution in [3.8, 4) is 11.1 Å². The third kappa shape index (κ3) is 4.83. The van der Waals surface area contributed by atoms with Crippen LogP contribution >= 0.6 is 0 Å². The first-order chi connectivity index (χ1) is 20.7. The SMILES string of the molecule is CC1(C)OB(C(=Cc2cccc3c2oc2ccccc23)CNC(=O)OCC2c3ccccc3-c3ccccc32)OC1(C)C. The Hall–Kier alpha value is -4.33. The van der Waals surface area contributed by atoms with Crippen LogP contribution in [0, 0.1) is 0 Å². The lowest BCUT2D eigenvalue weighted by Crippen LogP contribution is -2.41. The summed E-state index contributed by atoms with van der Waals surface area (Å²) in [5, 5.41) is 5.05. The number of nitrogens with one attached hydrogen (secondary N) is 1. The number of benzene rings is 4. The van der Waals surface area contributed by atoms with E-state index < -0.39 is 24.4 Å². The average Bonchev–Trinajstić information content (AvgIpc) is 3.61. The standard InChI is InChI=1S/C36H34BNO5/c1-35(2)36(3,4)43-37(42-35)24(20-23-12-11-18-30-29-17-9-10-19-32(29)41-33(23)30)21-38-34(39)40-22-31-27-15-7-5-13-25(27)26-14-6-8-16-28(26)31/h5-20,31H,21-22H2,1-4H3,(H,38,39). The second-order valence-corrected chi connectivity index (χ2v) is 12.3. The Labute approximate surface area is 251 Å². The van der Waals surface area contributed by atoms with Gasteiger partial charge in [0.15, 0.2) is 0 Å². The van der Waals surface area contributed by atoms with Crippen molar-refractivity contribution < 1.29 is 23.3 Å². The zero-order chi connectivity index (χ0) is 29.8. The average molecular weight is 571 g/mol. The first-order valence-electron chi connectivity index (χ1n) is 14.8. The Bertz CT molecular complexity index is 1830. The fourth-order valence-electron chi connectivity index (χ4n) is 6.10. The highest BCUT2D eigenvalue weighted by Gasteiger charge is 2.52. The van der Waals surface area contributed by atoms with Crippen molar-refractivity contribution in [2.24, 2.45) is 0 Å². The van der Waals surface area contributed by atoms with Crippen LogP contribution in [0.1, 0.15) is 50.3 Å². The van der Waals surface area contributed by atoms with Gasteiger partial charge in [-0.3, -0.25) is 0 Å². The lowest BCUT2D eigenvalue weighted by atomic mass is 9.77. The minimum Gasteiger partial charge on any atom is -0.455 e. The molecule has 2 heterocycles. The maximum Gasteiger partial charge on any atom is 0.492 e. The molecule has 7 heteroatoms. The molecule has 5 aromatic rings. The molecular weight excluding hydrogens is 537 g/mol. The molecule has 1 aliphatic heterocycles. The van der Waals surface area contributed by atoms with Gasteiger partial charge < -0.3 is 23.8 Å². The highest BCUT2D eigenvalue weighted by molar-refractivity contribution is 6.56. The Balaban J connectivity index is 1.14. The number of ether oxygens (including phenoxy) is 1. The third-order valence-corrected chi connectivity index (χ3v) is 9.11. The number of amides is 1. The largest absolute Gasteiger partial charge is 0.492 e. The number of furan rings is 1. The van der Waals surface area contributed by atoms with E-state index >= 15 is 0 Å². The molecule has 43 heavy (non-hydrogen) atoms. The van der Waals surface area contributed by atoms with E-state index in [0.717, 1.165) is 33.0 Å². The molecule has 0 bridgehead atoms. The van der Waals surface area contributed by atoms with Crippen LogP contribution in [0.2, 0.25) is 0 Å². The van der Waals surface area contributed by atoms with Crippen LogP contribution in [0.4, 0.5) is 4.79 Å². The topological polar surface area (TPSA) is 69.9 Å². The van der Waals surface area contributed by atoms with Crippen LogP contribution in [0.25, 0.3) is 39.1 Å². The second-order valence-electron chi connectivity index (χ2n) is 12.3. The van der Waals surface area contributed by atoms with E-state index in [2.05, 4.69) is 41.7 Å². The lowest BCUT2D eigenvalue weighted by molar-refractivity contribution is 0.00578. The van der Waals surface area contributed by atoms with E-state index in [0.29, 0.717) is 0 Å². The van der Waals surface area contributed by atoms with Gasteiger partial charge in [0.2, 0.25) is 0 Å². The Morgan fingerprint density at radius 1 is 0.814 bits per heavy atom. The quantitative estimate of drug-likeness (QED) is 0.208. The summed E-state index contributed by atoms with van der Waals surface area (Å²) in [6, 6.07) is 30.7. The van der Waals surface area contributed by atoms with Crippen LogP contribution in [-0.4, -0.2) is 37.6 Å². The number of rotatable bonds is 6. The molecule has 4 aromatic carbocycles. The number of fused-ring (bicyclic) bond motifs is 6. The molecule has 1 aromatic heterocycles. The highest BCUT2D eigenvalue weighted by atomic mass is 16.7. The summed E-state index contributed by atoms with van der Waals surface area (Å²) < 4.78 is 24.9. The fraction of sp³-hybridized carbons (Fsp3) is 0.250. The predicted octanol–water partition coefficient (Wildman–Crippen LogP) is 8.14. The van der Waals surface area contributed by atoms with Gasteiger partial charge in [-0.05, 0) is 61.5 Å². The van der Waals surface area contributed by atoms with Gasteiger partial charge >= 0.3 is 13.2 Å². The van der Waals surface area contributed by atoms with Crippen molar-refractivity contribution in [3.63, 3.8) is 0 Å². The number of hydrogen-bond acceptors (Lipinski definition) is 5. The zero-order valence-corrected chi connectivity index (χ0v) is 24.8. The van der Waals surface area contributed by atoms with E-state index in [1.165, 1.54) is 22.3 Å². The fourth-order valence-corrected chi connectivity index (χ4v) is 6.10. The first kappa shape index (κ1) is 27.5. The van der Waals surface area contributed by atoms with Crippen molar-refractivity contribution in [1.29, 1.82) is 0 Å². The molecule has 0 spiro atoms. The Morgan fingerprint density at radius 2 is 1.42 bits per heavy atom. The minimum atomic E-state index is -0.654. The molecule has 1 saturated heterocycles. The van der Waals surface area contributed by atoms with Gasteiger partial charge in [-0.2, -0.15) is 0 Å². The van der Waals surface area contributed by atoms with Gasteiger partial charge in [0.1, 0.15) is 17.8 Å². The highest BCUT2D eigenvalue weighted by Crippen LogP contribution is 2.44. The Kier molecular flexibility index (Phi) is 6.68. The number of carbonyl (C=O) groups excluding carboxylic acids is 1. The van der Waals surface area contributed by atoms with Gasteiger partial charge in [0.05, 0.1) is 11.2 Å². The summed E-state index contributed by atoms with van der Waals surface area (Å²) in [5.41, 5.74) is 6.91. The number of carbonyl (C=O) groups is 1.